The van der Waals surface area contributed by atoms with E-state index in [0.717, 1.165) is 28.7 Å². The summed E-state index contributed by atoms with van der Waals surface area (Å²) in [6.07, 6.45) is 5.48. The molecule has 0 radical (unpaired) electrons. The van der Waals surface area contributed by atoms with Crippen LogP contribution in [0.25, 0.3) is 12.2 Å². The molecule has 174 valence electrons. The second kappa shape index (κ2) is 12.0. The highest BCUT2D eigenvalue weighted by atomic mass is 32.1. The molecular formula is C24H25FN2O5S. The first-order valence-corrected chi connectivity index (χ1v) is 10.9. The molecule has 2 aromatic carbocycles. The molecule has 0 aliphatic rings. The average Bonchev–Trinajstić information content (AvgIpc) is 3.24. The number of para-hydroxylation sites is 1. The highest BCUT2D eigenvalue weighted by Crippen LogP contribution is 2.32. The summed E-state index contributed by atoms with van der Waals surface area (Å²) in [7, 11) is 4.78. The lowest BCUT2D eigenvalue weighted by Crippen LogP contribution is -2.12. The fourth-order valence-corrected chi connectivity index (χ4v) is 3.58. The molecule has 0 saturated carbocycles. The van der Waals surface area contributed by atoms with Crippen molar-refractivity contribution in [1.82, 2.24) is 4.98 Å². The minimum absolute atomic E-state index is 0.183. The molecule has 0 fully saturated rings. The number of halogens is 1. The van der Waals surface area contributed by atoms with E-state index >= 15 is 0 Å². The second-order valence-electron chi connectivity index (χ2n) is 6.83. The number of carbonyl (C=O) groups excluding carboxylic acids is 1. The van der Waals surface area contributed by atoms with Gasteiger partial charge in [-0.2, -0.15) is 4.39 Å². The predicted octanol–water partition coefficient (Wildman–Crippen LogP) is 5.14. The van der Waals surface area contributed by atoms with E-state index in [0.29, 0.717) is 42.4 Å². The molecule has 0 atom stereocenters. The van der Waals surface area contributed by atoms with E-state index in [-0.39, 0.29) is 5.13 Å². The molecule has 3 rings (SSSR count). The van der Waals surface area contributed by atoms with Crippen molar-refractivity contribution in [3.8, 4) is 17.2 Å². The summed E-state index contributed by atoms with van der Waals surface area (Å²) in [5, 5.41) is 2.32. The molecule has 0 bridgehead atoms. The predicted molar refractivity (Wildman–Crippen MR) is 127 cm³/mol. The first-order chi connectivity index (χ1) is 16.0. The number of hydrogen-bond donors (Lipinski definition) is 1. The molecule has 1 amide bonds. The average molecular weight is 473 g/mol. The number of ether oxygens (including phenoxy) is 4. The monoisotopic (exact) mass is 472 g/mol. The summed E-state index contributed by atoms with van der Waals surface area (Å²) in [5.41, 5.74) is 1.90. The Kier molecular flexibility index (Phi) is 8.79. The van der Waals surface area contributed by atoms with E-state index in [1.54, 1.807) is 33.5 Å². The van der Waals surface area contributed by atoms with Gasteiger partial charge >= 0.3 is 0 Å². The highest BCUT2D eigenvalue weighted by molar-refractivity contribution is 7.14. The highest BCUT2D eigenvalue weighted by Gasteiger charge is 2.12. The zero-order valence-electron chi connectivity index (χ0n) is 18.6. The second-order valence-corrected chi connectivity index (χ2v) is 7.81. The van der Waals surface area contributed by atoms with Crippen molar-refractivity contribution in [2.75, 3.05) is 39.9 Å². The largest absolute Gasteiger partial charge is 0.493 e. The van der Waals surface area contributed by atoms with E-state index in [1.165, 1.54) is 0 Å². The van der Waals surface area contributed by atoms with E-state index < -0.39 is 11.0 Å². The van der Waals surface area contributed by atoms with E-state index in [1.807, 2.05) is 36.4 Å². The number of thiazole rings is 1. The first-order valence-electron chi connectivity index (χ1n) is 10.1. The third-order valence-corrected chi connectivity index (χ3v) is 5.24. The van der Waals surface area contributed by atoms with Crippen LogP contribution in [0.2, 0.25) is 0 Å². The van der Waals surface area contributed by atoms with E-state index in [2.05, 4.69) is 10.3 Å². The lowest BCUT2D eigenvalue weighted by molar-refractivity contribution is 0.102. The van der Waals surface area contributed by atoms with Gasteiger partial charge in [0.1, 0.15) is 5.75 Å². The quantitative estimate of drug-likeness (QED) is 0.308. The molecule has 3 aromatic rings. The summed E-state index contributed by atoms with van der Waals surface area (Å²) in [5.74, 6) is 1.33. The van der Waals surface area contributed by atoms with Crippen molar-refractivity contribution in [2.24, 2.45) is 0 Å². The van der Waals surface area contributed by atoms with E-state index in [9.17, 15) is 9.18 Å². The van der Waals surface area contributed by atoms with Crippen molar-refractivity contribution in [1.29, 1.82) is 0 Å². The number of aromatic nitrogens is 1. The molecule has 9 heteroatoms. The molecular weight excluding hydrogens is 447 g/mol. The number of nitrogens with zero attached hydrogens (tertiary/aromatic N) is 1. The van der Waals surface area contributed by atoms with Gasteiger partial charge in [-0.25, -0.2) is 4.98 Å². The van der Waals surface area contributed by atoms with Gasteiger partial charge in [0, 0.05) is 31.3 Å². The topological polar surface area (TPSA) is 78.9 Å². The molecule has 33 heavy (non-hydrogen) atoms. The van der Waals surface area contributed by atoms with Crippen molar-refractivity contribution >= 4 is 34.5 Å². The summed E-state index contributed by atoms with van der Waals surface area (Å²) < 4.78 is 34.9. The fourth-order valence-electron chi connectivity index (χ4n) is 3.04. The van der Waals surface area contributed by atoms with Crippen LogP contribution in [0, 0.1) is 5.13 Å². The maximum atomic E-state index is 13.2. The van der Waals surface area contributed by atoms with Crippen molar-refractivity contribution < 1.29 is 28.1 Å². The third-order valence-electron chi connectivity index (χ3n) is 4.54. The Morgan fingerprint density at radius 2 is 1.97 bits per heavy atom. The van der Waals surface area contributed by atoms with Gasteiger partial charge < -0.3 is 18.9 Å². The molecule has 0 unspecified atom stereocenters. The van der Waals surface area contributed by atoms with Gasteiger partial charge in [-0.05, 0) is 29.8 Å². The normalized spacial score (nSPS) is 10.9. The third kappa shape index (κ3) is 6.77. The Hall–Kier alpha value is -3.43. The summed E-state index contributed by atoms with van der Waals surface area (Å²) in [4.78, 5) is 16.6. The van der Waals surface area contributed by atoms with Crippen LogP contribution in [0.15, 0.2) is 42.6 Å². The summed E-state index contributed by atoms with van der Waals surface area (Å²) in [6.45, 7) is 1.00. The summed E-state index contributed by atoms with van der Waals surface area (Å²) in [6, 6.07) is 10.8. The number of benzene rings is 2. The smallest absolute Gasteiger partial charge is 0.257 e. The standard InChI is InChI=1S/C24H25FN2O5S/c1-29-10-5-11-32-19-13-16(8-9-17-6-4-7-20(30-2)22(17)31-3)12-18(14-19)23(28)27-24-26-15-21(25)33-24/h4,6-9,12-15H,5,10-11H2,1-3H3,(H,26,27,28)/b9-8+. The Morgan fingerprint density at radius 3 is 2.67 bits per heavy atom. The maximum absolute atomic E-state index is 13.2. The first kappa shape index (κ1) is 24.2. The van der Waals surface area contributed by atoms with Crippen LogP contribution in [0.1, 0.15) is 27.9 Å². The van der Waals surface area contributed by atoms with Crippen molar-refractivity contribution in [3.63, 3.8) is 0 Å². The number of rotatable bonds is 11. The summed E-state index contributed by atoms with van der Waals surface area (Å²) >= 11 is 0.759. The minimum Gasteiger partial charge on any atom is -0.493 e. The van der Waals surface area contributed by atoms with Gasteiger partial charge in [0.2, 0.25) is 0 Å². The van der Waals surface area contributed by atoms with Crippen LogP contribution in [0.3, 0.4) is 0 Å². The zero-order valence-corrected chi connectivity index (χ0v) is 19.4. The Morgan fingerprint density at radius 1 is 1.12 bits per heavy atom. The van der Waals surface area contributed by atoms with Crippen molar-refractivity contribution in [2.45, 2.75) is 6.42 Å². The lowest BCUT2D eigenvalue weighted by atomic mass is 10.1. The number of anilines is 1. The number of nitrogens with one attached hydrogen (secondary N) is 1. The number of amides is 1. The molecule has 0 spiro atoms. The van der Waals surface area contributed by atoms with Gasteiger partial charge in [-0.15, -0.1) is 0 Å². The van der Waals surface area contributed by atoms with Crippen LogP contribution in [0.4, 0.5) is 9.52 Å². The minimum atomic E-state index is -0.476. The van der Waals surface area contributed by atoms with Gasteiger partial charge in [-0.1, -0.05) is 35.6 Å². The Labute approximate surface area is 195 Å². The van der Waals surface area contributed by atoms with Gasteiger partial charge in [0.05, 0.1) is 27.0 Å². The molecule has 1 heterocycles. The fraction of sp³-hybridized carbons (Fsp3) is 0.250. The van der Waals surface area contributed by atoms with Gasteiger partial charge in [0.25, 0.3) is 5.91 Å². The number of hydrogen-bond acceptors (Lipinski definition) is 7. The van der Waals surface area contributed by atoms with Gasteiger partial charge in [-0.3, -0.25) is 10.1 Å². The SMILES string of the molecule is COCCCOc1cc(/C=C/c2cccc(OC)c2OC)cc(C(=O)Nc2ncc(F)s2)c1. The van der Waals surface area contributed by atoms with E-state index in [4.69, 9.17) is 18.9 Å². The maximum Gasteiger partial charge on any atom is 0.257 e. The van der Waals surface area contributed by atoms with Crippen LogP contribution < -0.4 is 19.5 Å². The van der Waals surface area contributed by atoms with Crippen LogP contribution in [-0.4, -0.2) is 45.4 Å². The van der Waals surface area contributed by atoms with Crippen molar-refractivity contribution in [3.05, 3.63) is 64.4 Å². The number of methoxy groups -OCH3 is 3. The van der Waals surface area contributed by atoms with Crippen LogP contribution >= 0.6 is 11.3 Å². The van der Waals surface area contributed by atoms with Crippen LogP contribution in [0.5, 0.6) is 17.2 Å². The molecule has 1 aromatic heterocycles. The number of carbonyl (C=O) groups is 1. The van der Waals surface area contributed by atoms with Crippen LogP contribution in [-0.2, 0) is 4.74 Å². The molecule has 1 N–H and O–H groups in total. The molecule has 0 aliphatic carbocycles. The lowest BCUT2D eigenvalue weighted by Gasteiger charge is -2.11. The zero-order chi connectivity index (χ0) is 23.6. The molecule has 0 saturated heterocycles. The Balaban J connectivity index is 1.88. The molecule has 7 nitrogen and oxygen atoms in total. The Bertz CT molecular complexity index is 1120. The molecule has 0 aliphatic heterocycles. The van der Waals surface area contributed by atoms with Gasteiger partial charge in [0.15, 0.2) is 21.8 Å².